The summed E-state index contributed by atoms with van der Waals surface area (Å²) in [4.78, 5) is 15.3. The molecule has 1 heterocycles. The average Bonchev–Trinajstić information content (AvgIpc) is 2.67. The predicted molar refractivity (Wildman–Crippen MR) is 53.0 cm³/mol. The fourth-order valence-corrected chi connectivity index (χ4v) is 1.20. The van der Waals surface area contributed by atoms with Crippen LogP contribution in [0.4, 0.5) is 0 Å². The van der Waals surface area contributed by atoms with Crippen molar-refractivity contribution < 1.29 is 9.53 Å². The summed E-state index contributed by atoms with van der Waals surface area (Å²) >= 11 is 0. The maximum Gasteiger partial charge on any atom is 0.374 e. The van der Waals surface area contributed by atoms with Crippen molar-refractivity contribution in [2.24, 2.45) is 0 Å². The van der Waals surface area contributed by atoms with Crippen LogP contribution in [-0.4, -0.2) is 22.1 Å². The third-order valence-corrected chi connectivity index (χ3v) is 1.86. The summed E-state index contributed by atoms with van der Waals surface area (Å²) in [6.45, 7) is 2.70. The molecule has 0 amide bonds. The molecule has 0 aromatic carbocycles. The summed E-state index contributed by atoms with van der Waals surface area (Å²) < 4.78 is 6.55. The number of aromatic nitrogens is 2. The highest BCUT2D eigenvalue weighted by Gasteiger charge is 2.12. The van der Waals surface area contributed by atoms with Gasteiger partial charge in [0.25, 0.3) is 0 Å². The summed E-state index contributed by atoms with van der Waals surface area (Å²) in [7, 11) is 0. The lowest BCUT2D eigenvalue weighted by Gasteiger charge is -2.05. The molecule has 15 heavy (non-hydrogen) atoms. The standard InChI is InChI=1S/C10H13N3O2/c1-2-15-10(14)9-12-6-8-13(9)7-4-3-5-11/h6,8H,2-4,7H2,1H3. The Morgan fingerprint density at radius 2 is 2.53 bits per heavy atom. The van der Waals surface area contributed by atoms with E-state index in [4.69, 9.17) is 10.00 Å². The molecular weight excluding hydrogens is 194 g/mol. The fourth-order valence-electron chi connectivity index (χ4n) is 1.20. The van der Waals surface area contributed by atoms with Crippen LogP contribution < -0.4 is 0 Å². The van der Waals surface area contributed by atoms with Gasteiger partial charge < -0.3 is 9.30 Å². The lowest BCUT2D eigenvalue weighted by atomic mass is 10.3. The van der Waals surface area contributed by atoms with Gasteiger partial charge in [-0.25, -0.2) is 9.78 Å². The Kier molecular flexibility index (Phi) is 4.35. The van der Waals surface area contributed by atoms with Crippen LogP contribution in [0.1, 0.15) is 30.4 Å². The Hall–Kier alpha value is -1.83. The molecule has 0 aliphatic heterocycles. The number of nitrogens with zero attached hydrogens (tertiary/aromatic N) is 3. The molecule has 0 saturated heterocycles. The number of nitriles is 1. The van der Waals surface area contributed by atoms with Crippen molar-refractivity contribution in [2.75, 3.05) is 6.61 Å². The Bertz CT molecular complexity index is 365. The lowest BCUT2D eigenvalue weighted by Crippen LogP contribution is -2.13. The number of hydrogen-bond donors (Lipinski definition) is 0. The SMILES string of the molecule is CCOC(=O)c1nccn1CCCC#N. The molecule has 1 aromatic heterocycles. The number of esters is 1. The quantitative estimate of drug-likeness (QED) is 0.540. The molecule has 0 aliphatic rings. The highest BCUT2D eigenvalue weighted by Crippen LogP contribution is 2.02. The highest BCUT2D eigenvalue weighted by atomic mass is 16.5. The van der Waals surface area contributed by atoms with Crippen LogP contribution in [-0.2, 0) is 11.3 Å². The van der Waals surface area contributed by atoms with Crippen molar-refractivity contribution >= 4 is 5.97 Å². The molecule has 0 saturated carbocycles. The number of carbonyl (C=O) groups excluding carboxylic acids is 1. The number of carbonyl (C=O) groups is 1. The second kappa shape index (κ2) is 5.81. The smallest absolute Gasteiger partial charge is 0.374 e. The lowest BCUT2D eigenvalue weighted by molar-refractivity contribution is 0.0506. The summed E-state index contributed by atoms with van der Waals surface area (Å²) in [5.74, 6) is -0.116. The van der Waals surface area contributed by atoms with Crippen LogP contribution in [0.25, 0.3) is 0 Å². The van der Waals surface area contributed by atoms with Gasteiger partial charge in [-0.05, 0) is 13.3 Å². The van der Waals surface area contributed by atoms with Gasteiger partial charge in [0.1, 0.15) is 0 Å². The molecule has 0 atom stereocenters. The van der Waals surface area contributed by atoms with Crippen molar-refractivity contribution in [2.45, 2.75) is 26.3 Å². The molecule has 0 fully saturated rings. The van der Waals surface area contributed by atoms with Crippen LogP contribution in [0.2, 0.25) is 0 Å². The Morgan fingerprint density at radius 3 is 3.20 bits per heavy atom. The van der Waals surface area contributed by atoms with Gasteiger partial charge in [0.05, 0.1) is 12.7 Å². The second-order valence-corrected chi connectivity index (χ2v) is 2.93. The largest absolute Gasteiger partial charge is 0.460 e. The number of rotatable bonds is 5. The van der Waals surface area contributed by atoms with E-state index < -0.39 is 5.97 Å². The van der Waals surface area contributed by atoms with E-state index in [1.807, 2.05) is 0 Å². The maximum atomic E-state index is 11.4. The van der Waals surface area contributed by atoms with Gasteiger partial charge in [-0.15, -0.1) is 0 Å². The predicted octanol–water partition coefficient (Wildman–Crippen LogP) is 1.36. The minimum absolute atomic E-state index is 0.301. The fraction of sp³-hybridized carbons (Fsp3) is 0.500. The van der Waals surface area contributed by atoms with E-state index >= 15 is 0 Å². The molecule has 0 N–H and O–H groups in total. The van der Waals surface area contributed by atoms with E-state index in [1.54, 1.807) is 23.9 Å². The van der Waals surface area contributed by atoms with E-state index in [1.165, 1.54) is 0 Å². The molecule has 5 nitrogen and oxygen atoms in total. The molecule has 1 aromatic rings. The van der Waals surface area contributed by atoms with Gasteiger partial charge in [0.2, 0.25) is 5.82 Å². The monoisotopic (exact) mass is 207 g/mol. The zero-order valence-electron chi connectivity index (χ0n) is 8.64. The van der Waals surface area contributed by atoms with Crippen LogP contribution in [0, 0.1) is 11.3 Å². The molecule has 0 bridgehead atoms. The Balaban J connectivity index is 2.61. The first-order chi connectivity index (χ1) is 7.29. The molecular formula is C10H13N3O2. The van der Waals surface area contributed by atoms with E-state index in [2.05, 4.69) is 11.1 Å². The minimum Gasteiger partial charge on any atom is -0.460 e. The molecule has 0 radical (unpaired) electrons. The van der Waals surface area contributed by atoms with Gasteiger partial charge in [-0.1, -0.05) is 0 Å². The van der Waals surface area contributed by atoms with Crippen LogP contribution in [0.5, 0.6) is 0 Å². The molecule has 0 spiro atoms. The zero-order valence-corrected chi connectivity index (χ0v) is 8.64. The molecule has 0 unspecified atom stereocenters. The molecule has 5 heteroatoms. The minimum atomic E-state index is -0.417. The maximum absolute atomic E-state index is 11.4. The molecule has 80 valence electrons. The first-order valence-corrected chi connectivity index (χ1v) is 4.84. The molecule has 1 rings (SSSR count). The van der Waals surface area contributed by atoms with Gasteiger partial charge in [0.15, 0.2) is 0 Å². The van der Waals surface area contributed by atoms with E-state index in [0.29, 0.717) is 31.8 Å². The Labute approximate surface area is 88.3 Å². The van der Waals surface area contributed by atoms with Gasteiger partial charge >= 0.3 is 5.97 Å². The van der Waals surface area contributed by atoms with E-state index in [0.717, 1.165) is 0 Å². The average molecular weight is 207 g/mol. The first kappa shape index (κ1) is 11.2. The zero-order chi connectivity index (χ0) is 11.1. The van der Waals surface area contributed by atoms with Crippen molar-refractivity contribution in [3.05, 3.63) is 18.2 Å². The van der Waals surface area contributed by atoms with Crippen LogP contribution in [0.3, 0.4) is 0 Å². The van der Waals surface area contributed by atoms with Crippen LogP contribution in [0.15, 0.2) is 12.4 Å². The topological polar surface area (TPSA) is 67.9 Å². The number of imidazole rings is 1. The first-order valence-electron chi connectivity index (χ1n) is 4.84. The molecule has 0 aliphatic carbocycles. The van der Waals surface area contributed by atoms with Gasteiger partial charge in [0, 0.05) is 25.4 Å². The van der Waals surface area contributed by atoms with E-state index in [9.17, 15) is 4.79 Å². The third kappa shape index (κ3) is 3.09. The summed E-state index contributed by atoms with van der Waals surface area (Å²) in [6, 6.07) is 2.05. The van der Waals surface area contributed by atoms with Crippen molar-refractivity contribution in [1.82, 2.24) is 9.55 Å². The second-order valence-electron chi connectivity index (χ2n) is 2.93. The Morgan fingerprint density at radius 1 is 1.73 bits per heavy atom. The van der Waals surface area contributed by atoms with Gasteiger partial charge in [-0.2, -0.15) is 5.26 Å². The third-order valence-electron chi connectivity index (χ3n) is 1.86. The van der Waals surface area contributed by atoms with E-state index in [-0.39, 0.29) is 0 Å². The van der Waals surface area contributed by atoms with Crippen molar-refractivity contribution in [3.63, 3.8) is 0 Å². The number of unbranched alkanes of at least 4 members (excludes halogenated alkanes) is 1. The summed E-state index contributed by atoms with van der Waals surface area (Å²) in [5, 5.41) is 8.39. The summed E-state index contributed by atoms with van der Waals surface area (Å²) in [6.07, 6.45) is 4.45. The van der Waals surface area contributed by atoms with Crippen LogP contribution >= 0.6 is 0 Å². The highest BCUT2D eigenvalue weighted by molar-refractivity contribution is 5.85. The number of ether oxygens (including phenoxy) is 1. The summed E-state index contributed by atoms with van der Waals surface area (Å²) in [5.41, 5.74) is 0. The number of hydrogen-bond acceptors (Lipinski definition) is 4. The van der Waals surface area contributed by atoms with Crippen molar-refractivity contribution in [3.8, 4) is 6.07 Å². The van der Waals surface area contributed by atoms with Gasteiger partial charge in [-0.3, -0.25) is 0 Å². The number of aryl methyl sites for hydroxylation is 1. The van der Waals surface area contributed by atoms with Crippen molar-refractivity contribution in [1.29, 1.82) is 5.26 Å². The normalized spacial score (nSPS) is 9.60.